The molecule has 2 fully saturated rings. The maximum Gasteiger partial charge on any atom is 0.241 e. The molecule has 2 heterocycles. The van der Waals surface area contributed by atoms with Gasteiger partial charge in [-0.25, -0.2) is 0 Å². The van der Waals surface area contributed by atoms with Gasteiger partial charge >= 0.3 is 0 Å². The van der Waals surface area contributed by atoms with E-state index in [-0.39, 0.29) is 24.4 Å². The van der Waals surface area contributed by atoms with Crippen molar-refractivity contribution in [1.82, 2.24) is 20.4 Å². The third kappa shape index (κ3) is 3.00. The third-order valence-corrected chi connectivity index (χ3v) is 3.67. The number of carbonyl (C=O) groups is 2. The molecule has 102 valence electrons. The van der Waals surface area contributed by atoms with Gasteiger partial charge in [-0.3, -0.25) is 19.8 Å². The molecule has 1 atom stereocenters. The van der Waals surface area contributed by atoms with E-state index in [0.29, 0.717) is 12.6 Å². The van der Waals surface area contributed by atoms with Gasteiger partial charge < -0.3 is 10.2 Å². The second kappa shape index (κ2) is 5.67. The molecular formula is C12H22N4O2. The molecule has 1 unspecified atom stereocenters. The molecule has 0 saturated carbocycles. The average Bonchev–Trinajstić information content (AvgIpc) is 2.39. The Morgan fingerprint density at radius 1 is 1.28 bits per heavy atom. The number of rotatable bonds is 2. The van der Waals surface area contributed by atoms with Crippen LogP contribution in [0, 0.1) is 0 Å². The maximum atomic E-state index is 12.2. The Labute approximate surface area is 108 Å². The van der Waals surface area contributed by atoms with E-state index in [1.165, 1.54) is 0 Å². The van der Waals surface area contributed by atoms with Crippen molar-refractivity contribution in [3.63, 3.8) is 0 Å². The van der Waals surface area contributed by atoms with Crippen LogP contribution in [0.1, 0.15) is 13.8 Å². The Kier molecular flexibility index (Phi) is 4.19. The number of hydrogen-bond donors (Lipinski definition) is 2. The summed E-state index contributed by atoms with van der Waals surface area (Å²) in [6.45, 7) is 8.42. The van der Waals surface area contributed by atoms with E-state index in [9.17, 15) is 9.59 Å². The molecule has 0 spiro atoms. The molecule has 2 rings (SSSR count). The van der Waals surface area contributed by atoms with Crippen LogP contribution in [0.15, 0.2) is 0 Å². The summed E-state index contributed by atoms with van der Waals surface area (Å²) in [7, 11) is 0. The maximum absolute atomic E-state index is 12.2. The van der Waals surface area contributed by atoms with Crippen molar-refractivity contribution in [2.45, 2.75) is 25.9 Å². The van der Waals surface area contributed by atoms with Gasteiger partial charge in [-0.2, -0.15) is 0 Å². The molecular weight excluding hydrogens is 232 g/mol. The highest BCUT2D eigenvalue weighted by Crippen LogP contribution is 2.07. The summed E-state index contributed by atoms with van der Waals surface area (Å²) in [6.07, 6.45) is 0. The molecule has 6 nitrogen and oxygen atoms in total. The zero-order chi connectivity index (χ0) is 13.1. The summed E-state index contributed by atoms with van der Waals surface area (Å²) < 4.78 is 0. The lowest BCUT2D eigenvalue weighted by Crippen LogP contribution is -2.61. The lowest BCUT2D eigenvalue weighted by Gasteiger charge is -2.38. The molecule has 6 heteroatoms. The van der Waals surface area contributed by atoms with Crippen molar-refractivity contribution < 1.29 is 9.59 Å². The second-order valence-corrected chi connectivity index (χ2v) is 5.19. The summed E-state index contributed by atoms with van der Waals surface area (Å²) in [4.78, 5) is 27.5. The van der Waals surface area contributed by atoms with E-state index in [0.717, 1.165) is 26.2 Å². The smallest absolute Gasteiger partial charge is 0.241 e. The van der Waals surface area contributed by atoms with Gasteiger partial charge in [0.2, 0.25) is 11.8 Å². The minimum absolute atomic E-state index is 0.0383. The van der Waals surface area contributed by atoms with Crippen molar-refractivity contribution >= 4 is 11.8 Å². The van der Waals surface area contributed by atoms with Crippen LogP contribution >= 0.6 is 0 Å². The minimum Gasteiger partial charge on any atom is -0.353 e. The first-order valence-corrected chi connectivity index (χ1v) is 6.61. The van der Waals surface area contributed by atoms with Gasteiger partial charge in [-0.05, 0) is 13.8 Å². The van der Waals surface area contributed by atoms with E-state index >= 15 is 0 Å². The molecule has 0 aliphatic carbocycles. The van der Waals surface area contributed by atoms with Gasteiger partial charge in [-0.1, -0.05) is 0 Å². The van der Waals surface area contributed by atoms with E-state index < -0.39 is 0 Å². The molecule has 2 N–H and O–H groups in total. The lowest BCUT2D eigenvalue weighted by atomic mass is 10.1. The fourth-order valence-corrected chi connectivity index (χ4v) is 2.42. The Morgan fingerprint density at radius 3 is 2.44 bits per heavy atom. The number of piperazine rings is 2. The van der Waals surface area contributed by atoms with Crippen LogP contribution in [0.5, 0.6) is 0 Å². The number of amides is 2. The molecule has 18 heavy (non-hydrogen) atoms. The first-order chi connectivity index (χ1) is 8.58. The van der Waals surface area contributed by atoms with Gasteiger partial charge in [0, 0.05) is 38.8 Å². The topological polar surface area (TPSA) is 64.7 Å². The Balaban J connectivity index is 1.82. The summed E-state index contributed by atoms with van der Waals surface area (Å²) in [5.74, 6) is 0.0714. The van der Waals surface area contributed by atoms with E-state index in [1.54, 1.807) is 0 Å². The van der Waals surface area contributed by atoms with Crippen LogP contribution in [0.25, 0.3) is 0 Å². The van der Waals surface area contributed by atoms with Crippen LogP contribution in [-0.2, 0) is 9.59 Å². The number of nitrogens with one attached hydrogen (secondary N) is 2. The highest BCUT2D eigenvalue weighted by Gasteiger charge is 2.30. The van der Waals surface area contributed by atoms with Gasteiger partial charge in [0.25, 0.3) is 0 Å². The van der Waals surface area contributed by atoms with Gasteiger partial charge in [0.15, 0.2) is 0 Å². The van der Waals surface area contributed by atoms with Gasteiger partial charge in [0.05, 0.1) is 6.54 Å². The Hall–Kier alpha value is -1.14. The van der Waals surface area contributed by atoms with E-state index in [4.69, 9.17) is 0 Å². The fraction of sp³-hybridized carbons (Fsp3) is 0.833. The molecule has 2 aliphatic heterocycles. The summed E-state index contributed by atoms with van der Waals surface area (Å²) >= 11 is 0. The fourth-order valence-electron chi connectivity index (χ4n) is 2.42. The summed E-state index contributed by atoms with van der Waals surface area (Å²) in [5, 5.41) is 5.70. The second-order valence-electron chi connectivity index (χ2n) is 5.19. The molecule has 2 amide bonds. The van der Waals surface area contributed by atoms with Crippen LogP contribution in [0.4, 0.5) is 0 Å². The Bertz CT molecular complexity index is 314. The predicted octanol–water partition coefficient (Wildman–Crippen LogP) is -1.37. The van der Waals surface area contributed by atoms with Crippen LogP contribution in [-0.4, -0.2) is 73.0 Å². The van der Waals surface area contributed by atoms with Crippen LogP contribution in [0.2, 0.25) is 0 Å². The molecule has 0 aromatic carbocycles. The molecule has 2 aliphatic rings. The largest absolute Gasteiger partial charge is 0.353 e. The average molecular weight is 254 g/mol. The SMILES string of the molecule is CC(C)N1CCN(C(=O)C2CNC(=O)CN2)CC1. The molecule has 0 radical (unpaired) electrons. The normalized spacial score (nSPS) is 26.3. The number of hydrogen-bond acceptors (Lipinski definition) is 4. The first-order valence-electron chi connectivity index (χ1n) is 6.61. The van der Waals surface area contributed by atoms with Crippen molar-refractivity contribution in [1.29, 1.82) is 0 Å². The summed E-state index contributed by atoms with van der Waals surface area (Å²) in [6, 6.07) is 0.280. The van der Waals surface area contributed by atoms with Crippen molar-refractivity contribution in [3.8, 4) is 0 Å². The number of nitrogens with zero attached hydrogens (tertiary/aromatic N) is 2. The lowest BCUT2D eigenvalue weighted by molar-refractivity contribution is -0.136. The molecule has 0 aromatic heterocycles. The zero-order valence-corrected chi connectivity index (χ0v) is 11.1. The Morgan fingerprint density at radius 2 is 1.94 bits per heavy atom. The molecule has 0 aromatic rings. The predicted molar refractivity (Wildman–Crippen MR) is 68.1 cm³/mol. The van der Waals surface area contributed by atoms with Crippen LogP contribution < -0.4 is 10.6 Å². The quantitative estimate of drug-likeness (QED) is 0.638. The monoisotopic (exact) mass is 254 g/mol. The third-order valence-electron chi connectivity index (χ3n) is 3.67. The minimum atomic E-state index is -0.256. The zero-order valence-electron chi connectivity index (χ0n) is 11.1. The highest BCUT2D eigenvalue weighted by atomic mass is 16.2. The highest BCUT2D eigenvalue weighted by molar-refractivity contribution is 5.86. The molecule has 2 saturated heterocycles. The number of carbonyl (C=O) groups excluding carboxylic acids is 2. The van der Waals surface area contributed by atoms with Crippen molar-refractivity contribution in [3.05, 3.63) is 0 Å². The van der Waals surface area contributed by atoms with Gasteiger partial charge in [-0.15, -0.1) is 0 Å². The van der Waals surface area contributed by atoms with E-state index in [1.807, 2.05) is 4.90 Å². The molecule has 0 bridgehead atoms. The van der Waals surface area contributed by atoms with Crippen LogP contribution in [0.3, 0.4) is 0 Å². The van der Waals surface area contributed by atoms with Gasteiger partial charge in [0.1, 0.15) is 6.04 Å². The van der Waals surface area contributed by atoms with Crippen molar-refractivity contribution in [2.75, 3.05) is 39.3 Å². The first kappa shape index (κ1) is 13.3. The standard InChI is InChI=1S/C12H22N4O2/c1-9(2)15-3-5-16(6-4-15)12(18)10-7-14-11(17)8-13-10/h9-10,13H,3-8H2,1-2H3,(H,14,17). The van der Waals surface area contributed by atoms with E-state index in [2.05, 4.69) is 29.4 Å². The summed E-state index contributed by atoms with van der Waals surface area (Å²) in [5.41, 5.74) is 0. The van der Waals surface area contributed by atoms with Crippen molar-refractivity contribution in [2.24, 2.45) is 0 Å².